The van der Waals surface area contributed by atoms with E-state index in [9.17, 15) is 13.2 Å². The van der Waals surface area contributed by atoms with Crippen LogP contribution in [0.25, 0.3) is 0 Å². The first-order chi connectivity index (χ1) is 14.0. The number of nitrogens with zero attached hydrogens (tertiary/aromatic N) is 1. The highest BCUT2D eigenvalue weighted by Crippen LogP contribution is 2.30. The van der Waals surface area contributed by atoms with Gasteiger partial charge in [-0.1, -0.05) is 19.0 Å². The molecule has 1 aliphatic heterocycles. The number of carbonyl (C=O) groups is 1. The minimum Gasteiger partial charge on any atom is -0.381 e. The summed E-state index contributed by atoms with van der Waals surface area (Å²) < 4.78 is 45.8. The quantitative estimate of drug-likeness (QED) is 0.515. The average Bonchev–Trinajstić information content (AvgIpc) is 3.17. The second-order valence-corrected chi connectivity index (χ2v) is 11.3. The zero-order valence-electron chi connectivity index (χ0n) is 18.5. The Morgan fingerprint density at radius 3 is 2.47 bits per heavy atom. The van der Waals surface area contributed by atoms with Crippen LogP contribution < -0.4 is 5.32 Å². The van der Waals surface area contributed by atoms with Gasteiger partial charge in [-0.3, -0.25) is 10.1 Å². The Morgan fingerprint density at radius 2 is 1.83 bits per heavy atom. The zero-order valence-corrected chi connectivity index (χ0v) is 19.3. The molecule has 2 heterocycles. The SMILES string of the molecule is CCOCCOCC(C)(C)c1cc(NC(=O)C(C)(C)S(=O)(=O)C2CCOCC2)on1. The molecule has 0 saturated carbocycles. The second-order valence-electron chi connectivity index (χ2n) is 8.53. The lowest BCUT2D eigenvalue weighted by atomic mass is 9.90. The Kier molecular flexibility index (Phi) is 8.43. The summed E-state index contributed by atoms with van der Waals surface area (Å²) >= 11 is 0. The molecule has 30 heavy (non-hydrogen) atoms. The minimum absolute atomic E-state index is 0.104. The maximum absolute atomic E-state index is 13.0. The Bertz CT molecular complexity index is 796. The molecule has 1 saturated heterocycles. The van der Waals surface area contributed by atoms with Gasteiger partial charge < -0.3 is 18.7 Å². The van der Waals surface area contributed by atoms with Crippen LogP contribution in [0.1, 0.15) is 53.2 Å². The number of amides is 1. The molecule has 0 unspecified atom stereocenters. The van der Waals surface area contributed by atoms with Gasteiger partial charge in [0.1, 0.15) is 4.75 Å². The largest absolute Gasteiger partial charge is 0.381 e. The van der Waals surface area contributed by atoms with E-state index in [4.69, 9.17) is 18.7 Å². The summed E-state index contributed by atoms with van der Waals surface area (Å²) in [6, 6.07) is 1.60. The van der Waals surface area contributed by atoms with Gasteiger partial charge in [0.15, 0.2) is 9.84 Å². The standard InChI is InChI=1S/C20H34N2O7S/c1-6-26-11-12-28-14-19(2,3)16-13-17(29-22-16)21-18(23)20(4,5)30(24,25)15-7-9-27-10-8-15/h13,15H,6-12,14H2,1-5H3,(H,21,23). The molecular formula is C20H34N2O7S. The molecule has 1 amide bonds. The minimum atomic E-state index is -3.71. The molecule has 9 nitrogen and oxygen atoms in total. The van der Waals surface area contributed by atoms with Crippen molar-refractivity contribution in [2.45, 2.75) is 62.9 Å². The van der Waals surface area contributed by atoms with Crippen molar-refractivity contribution in [2.75, 3.05) is 45.0 Å². The number of hydrogen-bond acceptors (Lipinski definition) is 8. The molecule has 10 heteroatoms. The summed E-state index contributed by atoms with van der Waals surface area (Å²) in [7, 11) is -3.71. The van der Waals surface area contributed by atoms with Gasteiger partial charge in [-0.2, -0.15) is 0 Å². The van der Waals surface area contributed by atoms with E-state index in [1.165, 1.54) is 13.8 Å². The fourth-order valence-electron chi connectivity index (χ4n) is 3.11. The lowest BCUT2D eigenvalue weighted by Crippen LogP contribution is -2.50. The second kappa shape index (κ2) is 10.2. The number of ether oxygens (including phenoxy) is 3. The molecule has 0 bridgehead atoms. The molecule has 0 aliphatic carbocycles. The normalized spacial score (nSPS) is 16.6. The Hall–Kier alpha value is -1.49. The van der Waals surface area contributed by atoms with E-state index in [1.54, 1.807) is 6.07 Å². The van der Waals surface area contributed by atoms with Crippen molar-refractivity contribution in [3.8, 4) is 0 Å². The van der Waals surface area contributed by atoms with E-state index in [0.29, 0.717) is 58.2 Å². The van der Waals surface area contributed by atoms with Crippen LogP contribution in [-0.4, -0.2) is 69.1 Å². The summed E-state index contributed by atoms with van der Waals surface area (Å²) in [5.41, 5.74) is 0.141. The number of rotatable bonds is 11. The Balaban J connectivity index is 2.01. The average molecular weight is 447 g/mol. The van der Waals surface area contributed by atoms with Gasteiger partial charge in [-0.25, -0.2) is 8.42 Å². The van der Waals surface area contributed by atoms with Crippen molar-refractivity contribution in [1.82, 2.24) is 5.16 Å². The number of hydrogen-bond donors (Lipinski definition) is 1. The molecule has 0 aromatic carbocycles. The first kappa shape index (κ1) is 24.8. The summed E-state index contributed by atoms with van der Waals surface area (Å²) in [6.07, 6.45) is 0.784. The molecule has 1 aliphatic rings. The van der Waals surface area contributed by atoms with Gasteiger partial charge in [0.25, 0.3) is 0 Å². The molecule has 0 radical (unpaired) electrons. The fraction of sp³-hybridized carbons (Fsp3) is 0.800. The van der Waals surface area contributed by atoms with Gasteiger partial charge >= 0.3 is 0 Å². The third-order valence-electron chi connectivity index (χ3n) is 5.34. The molecule has 0 spiro atoms. The highest BCUT2D eigenvalue weighted by molar-refractivity contribution is 7.94. The van der Waals surface area contributed by atoms with Crippen LogP contribution >= 0.6 is 0 Å². The summed E-state index contributed by atoms with van der Waals surface area (Å²) in [4.78, 5) is 12.8. The van der Waals surface area contributed by atoms with Crippen LogP contribution in [0.15, 0.2) is 10.6 Å². The number of carbonyl (C=O) groups excluding carboxylic acids is 1. The highest BCUT2D eigenvalue weighted by Gasteiger charge is 2.47. The van der Waals surface area contributed by atoms with Gasteiger partial charge in [-0.05, 0) is 33.6 Å². The third kappa shape index (κ3) is 5.81. The van der Waals surface area contributed by atoms with Crippen molar-refractivity contribution < 1.29 is 31.9 Å². The van der Waals surface area contributed by atoms with Crippen LogP contribution in [0.3, 0.4) is 0 Å². The molecule has 0 atom stereocenters. The van der Waals surface area contributed by atoms with Crippen molar-refractivity contribution in [2.24, 2.45) is 0 Å². The summed E-state index contributed by atoms with van der Waals surface area (Å²) in [5, 5.41) is 6.00. The van der Waals surface area contributed by atoms with Gasteiger partial charge in [-0.15, -0.1) is 0 Å². The molecule has 2 rings (SSSR count). The smallest absolute Gasteiger partial charge is 0.247 e. The molecule has 1 aromatic rings. The van der Waals surface area contributed by atoms with E-state index in [0.717, 1.165) is 0 Å². The number of nitrogens with one attached hydrogen (secondary N) is 1. The number of aromatic nitrogens is 1. The zero-order chi connectivity index (χ0) is 22.4. The van der Waals surface area contributed by atoms with Gasteiger partial charge in [0.2, 0.25) is 11.8 Å². The van der Waals surface area contributed by atoms with Gasteiger partial charge in [0.05, 0.1) is 30.8 Å². The van der Waals surface area contributed by atoms with E-state index in [-0.39, 0.29) is 5.88 Å². The predicted molar refractivity (Wildman–Crippen MR) is 112 cm³/mol. The Morgan fingerprint density at radius 1 is 1.20 bits per heavy atom. The van der Waals surface area contributed by atoms with E-state index >= 15 is 0 Å². The van der Waals surface area contributed by atoms with Crippen molar-refractivity contribution in [3.63, 3.8) is 0 Å². The summed E-state index contributed by atoms with van der Waals surface area (Å²) in [5.74, 6) is -0.546. The van der Waals surface area contributed by atoms with Crippen molar-refractivity contribution in [3.05, 3.63) is 11.8 Å². The van der Waals surface area contributed by atoms with E-state index < -0.39 is 31.2 Å². The van der Waals surface area contributed by atoms with Crippen LogP contribution in [-0.2, 0) is 34.3 Å². The topological polar surface area (TPSA) is 117 Å². The molecule has 1 fully saturated rings. The van der Waals surface area contributed by atoms with Crippen LogP contribution in [0.5, 0.6) is 0 Å². The summed E-state index contributed by atoms with van der Waals surface area (Å²) in [6.45, 7) is 11.4. The molecule has 1 N–H and O–H groups in total. The maximum atomic E-state index is 13.0. The van der Waals surface area contributed by atoms with Crippen LogP contribution in [0, 0.1) is 0 Å². The molecule has 172 valence electrons. The van der Waals surface area contributed by atoms with Crippen molar-refractivity contribution in [1.29, 1.82) is 0 Å². The van der Waals surface area contributed by atoms with Crippen molar-refractivity contribution >= 4 is 21.6 Å². The predicted octanol–water partition coefficient (Wildman–Crippen LogP) is 2.32. The monoisotopic (exact) mass is 446 g/mol. The lowest BCUT2D eigenvalue weighted by molar-refractivity contribution is -0.118. The van der Waals surface area contributed by atoms with E-state index in [2.05, 4.69) is 10.5 Å². The lowest BCUT2D eigenvalue weighted by Gasteiger charge is -2.30. The molecule has 1 aromatic heterocycles. The van der Waals surface area contributed by atoms with Crippen LogP contribution in [0.2, 0.25) is 0 Å². The first-order valence-corrected chi connectivity index (χ1v) is 11.8. The van der Waals surface area contributed by atoms with Crippen LogP contribution in [0.4, 0.5) is 5.88 Å². The Labute approximate surface area is 178 Å². The fourth-order valence-corrected chi connectivity index (χ4v) is 5.07. The number of anilines is 1. The third-order valence-corrected chi connectivity index (χ3v) is 8.30. The van der Waals surface area contributed by atoms with Gasteiger partial charge in [0, 0.05) is 31.3 Å². The highest BCUT2D eigenvalue weighted by atomic mass is 32.2. The number of sulfone groups is 1. The first-order valence-electron chi connectivity index (χ1n) is 10.3. The maximum Gasteiger partial charge on any atom is 0.247 e. The molecular weight excluding hydrogens is 412 g/mol. The van der Waals surface area contributed by atoms with E-state index in [1.807, 2.05) is 20.8 Å².